The van der Waals surface area contributed by atoms with E-state index in [-0.39, 0.29) is 23.9 Å². The number of nitrogens with one attached hydrogen (secondary N) is 1. The van der Waals surface area contributed by atoms with Gasteiger partial charge in [0.05, 0.1) is 12.0 Å². The molecule has 0 spiro atoms. The van der Waals surface area contributed by atoms with Gasteiger partial charge in [-0.25, -0.2) is 0 Å². The van der Waals surface area contributed by atoms with Crippen molar-refractivity contribution in [2.75, 3.05) is 13.1 Å². The summed E-state index contributed by atoms with van der Waals surface area (Å²) in [5.41, 5.74) is 0. The molecular weight excluding hydrogens is 292 g/mol. The molecule has 2 aliphatic carbocycles. The van der Waals surface area contributed by atoms with Gasteiger partial charge in [-0.05, 0) is 76.8 Å². The lowest BCUT2D eigenvalue weighted by molar-refractivity contribution is -0.143. The Morgan fingerprint density at radius 2 is 1.78 bits per heavy atom. The Bertz CT molecular complexity index is 459. The van der Waals surface area contributed by atoms with Gasteiger partial charge in [0.1, 0.15) is 0 Å². The standard InChI is InChI=1S/C18H30N2O3/c1-11(16-10-13-3-4-15(16)9-13)19-17(21)12(2)20-7-5-14(6-8-20)18(22)23/h11-16H,3-10H2,1-2H3,(H,19,21)(H,22,23). The van der Waals surface area contributed by atoms with Crippen LogP contribution in [0.25, 0.3) is 0 Å². The van der Waals surface area contributed by atoms with Gasteiger partial charge in [-0.3, -0.25) is 14.5 Å². The Morgan fingerprint density at radius 3 is 2.30 bits per heavy atom. The summed E-state index contributed by atoms with van der Waals surface area (Å²) in [6, 6.07) is 0.0996. The number of carboxylic acid groups (broad SMARTS) is 1. The molecule has 2 saturated carbocycles. The molecule has 1 heterocycles. The van der Waals surface area contributed by atoms with Crippen LogP contribution in [0.15, 0.2) is 0 Å². The number of aliphatic carboxylic acids is 1. The minimum Gasteiger partial charge on any atom is -0.481 e. The molecule has 130 valence electrons. The fourth-order valence-electron chi connectivity index (χ4n) is 5.06. The number of carbonyl (C=O) groups excluding carboxylic acids is 1. The van der Waals surface area contributed by atoms with Crippen LogP contribution in [0.3, 0.4) is 0 Å². The lowest BCUT2D eigenvalue weighted by Gasteiger charge is -2.35. The molecule has 23 heavy (non-hydrogen) atoms. The minimum absolute atomic E-state index is 0.106. The Kier molecular flexibility index (Phi) is 4.95. The summed E-state index contributed by atoms with van der Waals surface area (Å²) >= 11 is 0. The van der Waals surface area contributed by atoms with E-state index in [9.17, 15) is 9.59 Å². The van der Waals surface area contributed by atoms with Crippen LogP contribution in [0.1, 0.15) is 52.4 Å². The fourth-order valence-corrected chi connectivity index (χ4v) is 5.06. The lowest BCUT2D eigenvalue weighted by atomic mass is 9.84. The third-order valence-corrected chi connectivity index (χ3v) is 6.61. The van der Waals surface area contributed by atoms with Gasteiger partial charge in [0.2, 0.25) is 5.91 Å². The summed E-state index contributed by atoms with van der Waals surface area (Å²) in [5, 5.41) is 12.3. The van der Waals surface area contributed by atoms with E-state index in [1.54, 1.807) is 0 Å². The number of nitrogens with zero attached hydrogens (tertiary/aromatic N) is 1. The van der Waals surface area contributed by atoms with E-state index in [4.69, 9.17) is 5.11 Å². The van der Waals surface area contributed by atoms with Crippen LogP contribution in [-0.4, -0.2) is 47.1 Å². The molecule has 0 aromatic heterocycles. The molecule has 0 aromatic carbocycles. The van der Waals surface area contributed by atoms with Crippen molar-refractivity contribution in [1.29, 1.82) is 0 Å². The number of carboxylic acids is 1. The first kappa shape index (κ1) is 16.7. The molecule has 3 rings (SSSR count). The highest BCUT2D eigenvalue weighted by atomic mass is 16.4. The van der Waals surface area contributed by atoms with Crippen LogP contribution in [0.2, 0.25) is 0 Å². The summed E-state index contributed by atoms with van der Waals surface area (Å²) in [7, 11) is 0. The molecule has 1 amide bonds. The van der Waals surface area contributed by atoms with Crippen molar-refractivity contribution in [3.8, 4) is 0 Å². The molecule has 1 aliphatic heterocycles. The number of likely N-dealkylation sites (tertiary alicyclic amines) is 1. The maximum absolute atomic E-state index is 12.6. The average Bonchev–Trinajstić information content (AvgIpc) is 3.17. The molecule has 5 heteroatoms. The molecule has 5 atom stereocenters. The van der Waals surface area contributed by atoms with Crippen LogP contribution in [0, 0.1) is 23.7 Å². The summed E-state index contributed by atoms with van der Waals surface area (Å²) in [4.78, 5) is 25.7. The van der Waals surface area contributed by atoms with E-state index in [0.29, 0.717) is 31.8 Å². The lowest BCUT2D eigenvalue weighted by Crippen LogP contribution is -2.52. The normalized spacial score (nSPS) is 34.3. The van der Waals surface area contributed by atoms with Crippen molar-refractivity contribution < 1.29 is 14.7 Å². The molecule has 5 unspecified atom stereocenters. The van der Waals surface area contributed by atoms with E-state index in [2.05, 4.69) is 17.1 Å². The van der Waals surface area contributed by atoms with E-state index < -0.39 is 5.97 Å². The van der Waals surface area contributed by atoms with E-state index >= 15 is 0 Å². The fraction of sp³-hybridized carbons (Fsp3) is 0.889. The van der Waals surface area contributed by atoms with Gasteiger partial charge in [0, 0.05) is 6.04 Å². The molecule has 5 nitrogen and oxygen atoms in total. The van der Waals surface area contributed by atoms with Crippen LogP contribution in [-0.2, 0) is 9.59 Å². The van der Waals surface area contributed by atoms with Gasteiger partial charge in [-0.1, -0.05) is 6.42 Å². The molecular formula is C18H30N2O3. The Labute approximate surface area is 138 Å². The summed E-state index contributed by atoms with van der Waals surface area (Å²) in [5.74, 6) is 1.53. The Morgan fingerprint density at radius 1 is 1.09 bits per heavy atom. The van der Waals surface area contributed by atoms with Crippen molar-refractivity contribution in [3.05, 3.63) is 0 Å². The third kappa shape index (κ3) is 3.54. The zero-order valence-corrected chi connectivity index (χ0v) is 14.3. The van der Waals surface area contributed by atoms with Crippen LogP contribution >= 0.6 is 0 Å². The topological polar surface area (TPSA) is 69.6 Å². The van der Waals surface area contributed by atoms with Crippen molar-refractivity contribution in [2.24, 2.45) is 23.7 Å². The number of fused-ring (bicyclic) bond motifs is 2. The SMILES string of the molecule is CC(NC(=O)C(C)N1CCC(C(=O)O)CC1)C1CC2CCC1C2. The summed E-state index contributed by atoms with van der Waals surface area (Å²) < 4.78 is 0. The number of hydrogen-bond donors (Lipinski definition) is 2. The maximum atomic E-state index is 12.6. The van der Waals surface area contributed by atoms with Gasteiger partial charge in [-0.2, -0.15) is 0 Å². The number of amides is 1. The molecule has 3 aliphatic rings. The number of rotatable bonds is 5. The van der Waals surface area contributed by atoms with Crippen molar-refractivity contribution in [1.82, 2.24) is 10.2 Å². The Balaban J connectivity index is 1.47. The largest absolute Gasteiger partial charge is 0.481 e. The van der Waals surface area contributed by atoms with Crippen molar-refractivity contribution >= 4 is 11.9 Å². The van der Waals surface area contributed by atoms with Crippen molar-refractivity contribution in [3.63, 3.8) is 0 Å². The first-order chi connectivity index (χ1) is 11.0. The first-order valence-corrected chi connectivity index (χ1v) is 9.23. The van der Waals surface area contributed by atoms with Gasteiger partial charge in [0.25, 0.3) is 0 Å². The second-order valence-corrected chi connectivity index (χ2v) is 7.96. The highest BCUT2D eigenvalue weighted by Crippen LogP contribution is 2.49. The smallest absolute Gasteiger partial charge is 0.306 e. The molecule has 3 fully saturated rings. The molecule has 2 bridgehead atoms. The number of carbonyl (C=O) groups is 2. The molecule has 0 radical (unpaired) electrons. The van der Waals surface area contributed by atoms with Crippen LogP contribution in [0.4, 0.5) is 0 Å². The average molecular weight is 322 g/mol. The third-order valence-electron chi connectivity index (χ3n) is 6.61. The highest BCUT2D eigenvalue weighted by Gasteiger charge is 2.42. The van der Waals surface area contributed by atoms with Crippen LogP contribution in [0.5, 0.6) is 0 Å². The van der Waals surface area contributed by atoms with Crippen LogP contribution < -0.4 is 5.32 Å². The first-order valence-electron chi connectivity index (χ1n) is 9.23. The molecule has 0 aromatic rings. The van der Waals surface area contributed by atoms with Gasteiger partial charge in [0.15, 0.2) is 0 Å². The zero-order chi connectivity index (χ0) is 16.6. The zero-order valence-electron chi connectivity index (χ0n) is 14.3. The van der Waals surface area contributed by atoms with E-state index in [1.807, 2.05) is 6.92 Å². The monoisotopic (exact) mass is 322 g/mol. The van der Waals surface area contributed by atoms with E-state index in [1.165, 1.54) is 25.7 Å². The quantitative estimate of drug-likeness (QED) is 0.813. The predicted octanol–water partition coefficient (Wildman–Crippen LogP) is 2.11. The number of piperidine rings is 1. The summed E-state index contributed by atoms with van der Waals surface area (Å²) in [6.07, 6.45) is 6.67. The molecule has 1 saturated heterocycles. The van der Waals surface area contributed by atoms with Crippen molar-refractivity contribution in [2.45, 2.75) is 64.5 Å². The number of hydrogen-bond acceptors (Lipinski definition) is 3. The summed E-state index contributed by atoms with van der Waals surface area (Å²) in [6.45, 7) is 5.51. The predicted molar refractivity (Wildman–Crippen MR) is 87.9 cm³/mol. The van der Waals surface area contributed by atoms with E-state index in [0.717, 1.165) is 11.8 Å². The highest BCUT2D eigenvalue weighted by molar-refractivity contribution is 5.81. The second kappa shape index (κ2) is 6.80. The molecule has 2 N–H and O–H groups in total. The van der Waals surface area contributed by atoms with Gasteiger partial charge in [-0.15, -0.1) is 0 Å². The van der Waals surface area contributed by atoms with Gasteiger partial charge < -0.3 is 10.4 Å². The van der Waals surface area contributed by atoms with Gasteiger partial charge >= 0.3 is 5.97 Å². The Hall–Kier alpha value is -1.10. The second-order valence-electron chi connectivity index (χ2n) is 7.96. The minimum atomic E-state index is -0.702. The maximum Gasteiger partial charge on any atom is 0.306 e.